The molecule has 23 heavy (non-hydrogen) atoms. The number of hydrogen-bond donors (Lipinski definition) is 1. The Labute approximate surface area is 134 Å². The first-order chi connectivity index (χ1) is 11.0. The first-order valence-corrected chi connectivity index (χ1v) is 8.57. The van der Waals surface area contributed by atoms with Crippen molar-refractivity contribution in [2.45, 2.75) is 17.6 Å². The van der Waals surface area contributed by atoms with Gasteiger partial charge in [0.2, 0.25) is 5.88 Å². The van der Waals surface area contributed by atoms with E-state index in [0.29, 0.717) is 18.8 Å². The lowest BCUT2D eigenvalue weighted by Crippen LogP contribution is -2.31. The fourth-order valence-electron chi connectivity index (χ4n) is 2.32. The number of imidazole rings is 1. The summed E-state index contributed by atoms with van der Waals surface area (Å²) >= 11 is 0. The molecular formula is C13H18N6O3S. The average Bonchev–Trinajstić information content (AvgIpc) is 3.19. The molecule has 2 aromatic heterocycles. The maximum absolute atomic E-state index is 12.4. The van der Waals surface area contributed by atoms with Crippen LogP contribution in [0.25, 0.3) is 0 Å². The predicted octanol–water partition coefficient (Wildman–Crippen LogP) is 0.108. The average molecular weight is 338 g/mol. The summed E-state index contributed by atoms with van der Waals surface area (Å²) in [7, 11) is 0.203. The minimum atomic E-state index is -3.55. The van der Waals surface area contributed by atoms with Crippen LogP contribution in [0.4, 0.5) is 5.82 Å². The quantitative estimate of drug-likeness (QED) is 0.825. The van der Waals surface area contributed by atoms with Crippen molar-refractivity contribution in [3.63, 3.8) is 0 Å². The molecule has 1 N–H and O–H groups in total. The summed E-state index contributed by atoms with van der Waals surface area (Å²) in [6.45, 7) is 0.674. The van der Waals surface area contributed by atoms with Gasteiger partial charge in [-0.15, -0.1) is 10.2 Å². The molecule has 2 aromatic rings. The zero-order valence-electron chi connectivity index (χ0n) is 12.9. The SMILES string of the molecule is CN(C)c1ccc(OC2CCN(S(=O)(=O)c3cnc[nH]3)C2)nn1. The van der Waals surface area contributed by atoms with Crippen molar-refractivity contribution in [2.75, 3.05) is 32.1 Å². The highest BCUT2D eigenvalue weighted by Gasteiger charge is 2.34. The van der Waals surface area contributed by atoms with Gasteiger partial charge in [0.05, 0.1) is 19.1 Å². The summed E-state index contributed by atoms with van der Waals surface area (Å²) in [5, 5.41) is 8.13. The van der Waals surface area contributed by atoms with Crippen LogP contribution in [0.3, 0.4) is 0 Å². The highest BCUT2D eigenvalue weighted by molar-refractivity contribution is 7.89. The Morgan fingerprint density at radius 1 is 1.35 bits per heavy atom. The molecule has 1 aliphatic rings. The molecule has 1 atom stereocenters. The third-order valence-corrected chi connectivity index (χ3v) is 5.36. The molecule has 0 aliphatic carbocycles. The number of aromatic amines is 1. The van der Waals surface area contributed by atoms with E-state index in [2.05, 4.69) is 20.2 Å². The van der Waals surface area contributed by atoms with Gasteiger partial charge in [0.25, 0.3) is 10.0 Å². The van der Waals surface area contributed by atoms with Gasteiger partial charge in [-0.1, -0.05) is 0 Å². The van der Waals surface area contributed by atoms with Gasteiger partial charge < -0.3 is 14.6 Å². The van der Waals surface area contributed by atoms with Crippen LogP contribution in [-0.2, 0) is 10.0 Å². The summed E-state index contributed by atoms with van der Waals surface area (Å²) in [5.74, 6) is 1.12. The monoisotopic (exact) mass is 338 g/mol. The van der Waals surface area contributed by atoms with Gasteiger partial charge in [0.1, 0.15) is 6.10 Å². The molecule has 3 rings (SSSR count). The molecule has 0 aromatic carbocycles. The minimum absolute atomic E-state index is 0.0910. The fourth-order valence-corrected chi connectivity index (χ4v) is 3.70. The molecule has 1 unspecified atom stereocenters. The van der Waals surface area contributed by atoms with Crippen molar-refractivity contribution >= 4 is 15.8 Å². The third kappa shape index (κ3) is 3.27. The summed E-state index contributed by atoms with van der Waals surface area (Å²) in [6, 6.07) is 3.53. The van der Waals surface area contributed by atoms with Crippen LogP contribution < -0.4 is 9.64 Å². The Bertz CT molecular complexity index is 745. The van der Waals surface area contributed by atoms with E-state index in [1.807, 2.05) is 19.0 Å². The lowest BCUT2D eigenvalue weighted by atomic mass is 10.3. The number of hydrogen-bond acceptors (Lipinski definition) is 7. The highest BCUT2D eigenvalue weighted by atomic mass is 32.2. The molecule has 1 aliphatic heterocycles. The van der Waals surface area contributed by atoms with Crippen LogP contribution in [-0.4, -0.2) is 66.2 Å². The Morgan fingerprint density at radius 3 is 2.78 bits per heavy atom. The number of H-pyrrole nitrogens is 1. The second-order valence-corrected chi connectivity index (χ2v) is 7.34. The molecule has 1 saturated heterocycles. The van der Waals surface area contributed by atoms with Crippen molar-refractivity contribution in [3.05, 3.63) is 24.7 Å². The van der Waals surface area contributed by atoms with E-state index in [9.17, 15) is 8.42 Å². The largest absolute Gasteiger partial charge is 0.472 e. The molecule has 0 spiro atoms. The number of anilines is 1. The number of sulfonamides is 1. The number of aromatic nitrogens is 4. The van der Waals surface area contributed by atoms with Crippen molar-refractivity contribution in [1.82, 2.24) is 24.5 Å². The van der Waals surface area contributed by atoms with Crippen LogP contribution in [0.15, 0.2) is 29.7 Å². The molecule has 1 fully saturated rings. The van der Waals surface area contributed by atoms with E-state index in [4.69, 9.17) is 4.74 Å². The van der Waals surface area contributed by atoms with Crippen LogP contribution in [0, 0.1) is 0 Å². The zero-order chi connectivity index (χ0) is 16.4. The molecular weight excluding hydrogens is 320 g/mol. The van der Waals surface area contributed by atoms with Gasteiger partial charge in [0, 0.05) is 26.7 Å². The maximum atomic E-state index is 12.4. The fraction of sp³-hybridized carbons (Fsp3) is 0.462. The second-order valence-electron chi connectivity index (χ2n) is 5.43. The molecule has 0 amide bonds. The minimum Gasteiger partial charge on any atom is -0.472 e. The van der Waals surface area contributed by atoms with E-state index in [0.717, 1.165) is 5.82 Å². The number of rotatable bonds is 5. The van der Waals surface area contributed by atoms with Gasteiger partial charge in [-0.3, -0.25) is 0 Å². The Morgan fingerprint density at radius 2 is 2.17 bits per heavy atom. The lowest BCUT2D eigenvalue weighted by Gasteiger charge is -2.16. The van der Waals surface area contributed by atoms with E-state index in [1.54, 1.807) is 12.1 Å². The van der Waals surface area contributed by atoms with Crippen LogP contribution in [0.2, 0.25) is 0 Å². The zero-order valence-corrected chi connectivity index (χ0v) is 13.7. The van der Waals surface area contributed by atoms with E-state index in [1.165, 1.54) is 16.8 Å². The van der Waals surface area contributed by atoms with Crippen molar-refractivity contribution < 1.29 is 13.2 Å². The number of ether oxygens (including phenoxy) is 1. The third-order valence-electron chi connectivity index (χ3n) is 3.57. The summed E-state index contributed by atoms with van der Waals surface area (Å²) in [6.07, 6.45) is 3.00. The van der Waals surface area contributed by atoms with Gasteiger partial charge >= 0.3 is 0 Å². The van der Waals surface area contributed by atoms with E-state index < -0.39 is 10.0 Å². The van der Waals surface area contributed by atoms with E-state index >= 15 is 0 Å². The number of nitrogens with one attached hydrogen (secondary N) is 1. The first-order valence-electron chi connectivity index (χ1n) is 7.13. The van der Waals surface area contributed by atoms with E-state index in [-0.39, 0.29) is 17.7 Å². The molecule has 9 nitrogen and oxygen atoms in total. The molecule has 0 saturated carbocycles. The topological polar surface area (TPSA) is 104 Å². The molecule has 3 heterocycles. The Kier molecular flexibility index (Phi) is 4.18. The summed E-state index contributed by atoms with van der Waals surface area (Å²) in [4.78, 5) is 8.22. The molecule has 0 bridgehead atoms. The standard InChI is InChI=1S/C13H18N6O3S/c1-18(2)11-3-4-12(17-16-11)22-10-5-6-19(8-10)23(20,21)13-7-14-9-15-13/h3-4,7,9-10H,5-6,8H2,1-2H3,(H,14,15). The second kappa shape index (κ2) is 6.13. The first kappa shape index (κ1) is 15.7. The normalized spacial score (nSPS) is 19.0. The van der Waals surface area contributed by atoms with Crippen molar-refractivity contribution in [3.8, 4) is 5.88 Å². The van der Waals surface area contributed by atoms with Gasteiger partial charge in [-0.25, -0.2) is 13.4 Å². The van der Waals surface area contributed by atoms with Crippen LogP contribution in [0.5, 0.6) is 5.88 Å². The summed E-state index contributed by atoms with van der Waals surface area (Å²) < 4.78 is 31.9. The Hall–Kier alpha value is -2.20. The molecule has 0 radical (unpaired) electrons. The predicted molar refractivity (Wildman–Crippen MR) is 82.7 cm³/mol. The van der Waals surface area contributed by atoms with Crippen LogP contribution >= 0.6 is 0 Å². The van der Waals surface area contributed by atoms with Gasteiger partial charge in [0.15, 0.2) is 10.8 Å². The van der Waals surface area contributed by atoms with Crippen LogP contribution in [0.1, 0.15) is 6.42 Å². The maximum Gasteiger partial charge on any atom is 0.260 e. The lowest BCUT2D eigenvalue weighted by molar-refractivity contribution is 0.204. The highest BCUT2D eigenvalue weighted by Crippen LogP contribution is 2.22. The summed E-state index contributed by atoms with van der Waals surface area (Å²) in [5.41, 5.74) is 0. The van der Waals surface area contributed by atoms with Gasteiger partial charge in [-0.05, 0) is 12.5 Å². The number of nitrogens with zero attached hydrogens (tertiary/aromatic N) is 5. The Balaban J connectivity index is 1.64. The van der Waals surface area contributed by atoms with Crippen molar-refractivity contribution in [1.29, 1.82) is 0 Å². The molecule has 10 heteroatoms. The van der Waals surface area contributed by atoms with Crippen molar-refractivity contribution in [2.24, 2.45) is 0 Å². The van der Waals surface area contributed by atoms with Gasteiger partial charge in [-0.2, -0.15) is 4.31 Å². The molecule has 124 valence electrons. The smallest absolute Gasteiger partial charge is 0.260 e.